The maximum atomic E-state index is 12.9. The van der Waals surface area contributed by atoms with Crippen molar-refractivity contribution < 1.29 is 19.1 Å². The van der Waals surface area contributed by atoms with Gasteiger partial charge in [-0.05, 0) is 31.7 Å². The molecule has 0 radical (unpaired) electrons. The molecule has 0 saturated carbocycles. The second kappa shape index (κ2) is 8.05. The van der Waals surface area contributed by atoms with Crippen molar-refractivity contribution in [1.82, 2.24) is 14.7 Å². The Morgan fingerprint density at radius 3 is 2.65 bits per heavy atom. The number of likely N-dealkylation sites (tertiary alicyclic amines) is 1. The van der Waals surface area contributed by atoms with Crippen LogP contribution in [-0.4, -0.2) is 92.1 Å². The zero-order chi connectivity index (χ0) is 18.7. The number of piperazine rings is 1. The molecule has 1 unspecified atom stereocenters. The molecular formula is C19H27N3O4. The lowest BCUT2D eigenvalue weighted by Gasteiger charge is -2.45. The Bertz CT molecular complexity index is 660. The van der Waals surface area contributed by atoms with Crippen LogP contribution in [0, 0.1) is 6.92 Å². The van der Waals surface area contributed by atoms with Crippen LogP contribution in [0.2, 0.25) is 0 Å². The van der Waals surface area contributed by atoms with E-state index in [0.717, 1.165) is 17.9 Å². The van der Waals surface area contributed by atoms with Crippen LogP contribution in [0.3, 0.4) is 0 Å². The summed E-state index contributed by atoms with van der Waals surface area (Å²) in [6, 6.07) is 7.46. The van der Waals surface area contributed by atoms with E-state index in [2.05, 4.69) is 4.90 Å². The van der Waals surface area contributed by atoms with Gasteiger partial charge in [0.15, 0.2) is 0 Å². The lowest BCUT2D eigenvalue weighted by molar-refractivity contribution is -0.156. The normalized spacial score (nSPS) is 21.4. The molecule has 1 aromatic carbocycles. The summed E-state index contributed by atoms with van der Waals surface area (Å²) in [5.41, 5.74) is 1.15. The van der Waals surface area contributed by atoms with Crippen LogP contribution in [0.25, 0.3) is 0 Å². The maximum absolute atomic E-state index is 12.9. The fourth-order valence-electron chi connectivity index (χ4n) is 3.42. The Morgan fingerprint density at radius 1 is 1.19 bits per heavy atom. The second-order valence-electron chi connectivity index (χ2n) is 7.10. The van der Waals surface area contributed by atoms with Crippen molar-refractivity contribution in [3.8, 4) is 5.75 Å². The summed E-state index contributed by atoms with van der Waals surface area (Å²) in [5.74, 6) is 0.688. The molecule has 0 N–H and O–H groups in total. The molecule has 0 aliphatic carbocycles. The number of hydrogen-bond acceptors (Lipinski definition) is 5. The topological polar surface area (TPSA) is 62.3 Å². The zero-order valence-corrected chi connectivity index (χ0v) is 15.7. The first kappa shape index (κ1) is 18.7. The summed E-state index contributed by atoms with van der Waals surface area (Å²) in [4.78, 5) is 30.7. The van der Waals surface area contributed by atoms with Gasteiger partial charge in [0.05, 0.1) is 13.1 Å². The van der Waals surface area contributed by atoms with Gasteiger partial charge in [0.25, 0.3) is 0 Å². The summed E-state index contributed by atoms with van der Waals surface area (Å²) in [6.45, 7) is 5.00. The average molecular weight is 361 g/mol. The summed E-state index contributed by atoms with van der Waals surface area (Å²) in [7, 11) is 3.46. The third kappa shape index (κ3) is 4.16. The monoisotopic (exact) mass is 361 g/mol. The van der Waals surface area contributed by atoms with Crippen molar-refractivity contribution in [1.29, 1.82) is 0 Å². The van der Waals surface area contributed by atoms with Crippen LogP contribution in [0.4, 0.5) is 0 Å². The molecule has 1 aromatic rings. The molecule has 2 saturated heterocycles. The Balaban J connectivity index is 1.57. The van der Waals surface area contributed by atoms with E-state index in [4.69, 9.17) is 9.47 Å². The van der Waals surface area contributed by atoms with Gasteiger partial charge < -0.3 is 24.2 Å². The zero-order valence-electron chi connectivity index (χ0n) is 15.7. The van der Waals surface area contributed by atoms with Crippen LogP contribution in [0.5, 0.6) is 5.75 Å². The molecule has 3 rings (SSSR count). The standard InChI is InChI=1S/C19H27N3O4/c1-14-5-4-6-15(9-14)26-16-10-21(11-16)19(24)17-12-20(2)7-8-22(17)18(23)13-25-3/h4-6,9,16-17H,7-8,10-13H2,1-3H3. The van der Waals surface area contributed by atoms with Gasteiger partial charge in [-0.25, -0.2) is 0 Å². The molecule has 2 aliphatic rings. The molecular weight excluding hydrogens is 334 g/mol. The predicted molar refractivity (Wildman–Crippen MR) is 97.0 cm³/mol. The minimum atomic E-state index is -0.448. The van der Waals surface area contributed by atoms with E-state index in [9.17, 15) is 9.59 Å². The highest BCUT2D eigenvalue weighted by Gasteiger charge is 2.41. The number of rotatable bonds is 5. The van der Waals surface area contributed by atoms with Crippen molar-refractivity contribution in [3.05, 3.63) is 29.8 Å². The Morgan fingerprint density at radius 2 is 1.96 bits per heavy atom. The fraction of sp³-hybridized carbons (Fsp3) is 0.579. The highest BCUT2D eigenvalue weighted by atomic mass is 16.5. The number of carbonyl (C=O) groups is 2. The first-order valence-corrected chi connectivity index (χ1v) is 8.97. The first-order chi connectivity index (χ1) is 12.5. The Labute approximate surface area is 154 Å². The number of amides is 2. The van der Waals surface area contributed by atoms with E-state index in [0.29, 0.717) is 26.2 Å². The molecule has 7 nitrogen and oxygen atoms in total. The number of benzene rings is 1. The van der Waals surface area contributed by atoms with Crippen molar-refractivity contribution in [2.45, 2.75) is 19.1 Å². The lowest BCUT2D eigenvalue weighted by Crippen LogP contribution is -2.65. The molecule has 2 aliphatic heterocycles. The number of aryl methyl sites for hydroxylation is 1. The molecule has 2 amide bonds. The lowest BCUT2D eigenvalue weighted by atomic mass is 10.1. The first-order valence-electron chi connectivity index (χ1n) is 8.97. The van der Waals surface area contributed by atoms with Gasteiger partial charge in [-0.15, -0.1) is 0 Å². The minimum Gasteiger partial charge on any atom is -0.487 e. The highest BCUT2D eigenvalue weighted by molar-refractivity contribution is 5.89. The van der Waals surface area contributed by atoms with Crippen molar-refractivity contribution in [3.63, 3.8) is 0 Å². The van der Waals surface area contributed by atoms with Crippen molar-refractivity contribution in [2.75, 3.05) is 53.5 Å². The average Bonchev–Trinajstić information content (AvgIpc) is 2.57. The molecule has 1 atom stereocenters. The van der Waals surface area contributed by atoms with E-state index in [1.165, 1.54) is 7.11 Å². The summed E-state index contributed by atoms with van der Waals surface area (Å²) >= 11 is 0. The summed E-state index contributed by atoms with van der Waals surface area (Å²) in [6.07, 6.45) is 0.00481. The molecule has 0 aromatic heterocycles. The van der Waals surface area contributed by atoms with E-state index in [-0.39, 0.29) is 24.5 Å². The predicted octanol–water partition coefficient (Wildman–Crippen LogP) is 0.374. The van der Waals surface area contributed by atoms with E-state index < -0.39 is 6.04 Å². The third-order valence-electron chi connectivity index (χ3n) is 4.91. The van der Waals surface area contributed by atoms with Crippen LogP contribution in [0.1, 0.15) is 5.56 Å². The maximum Gasteiger partial charge on any atom is 0.249 e. The number of hydrogen-bond donors (Lipinski definition) is 0. The molecule has 26 heavy (non-hydrogen) atoms. The minimum absolute atomic E-state index is 0.00481. The number of nitrogens with zero attached hydrogens (tertiary/aromatic N) is 3. The Kier molecular flexibility index (Phi) is 5.78. The molecule has 7 heteroatoms. The van der Waals surface area contributed by atoms with Crippen LogP contribution in [0.15, 0.2) is 24.3 Å². The van der Waals surface area contributed by atoms with Gasteiger partial charge in [-0.1, -0.05) is 12.1 Å². The fourth-order valence-corrected chi connectivity index (χ4v) is 3.42. The Hall–Kier alpha value is -2.12. The highest BCUT2D eigenvalue weighted by Crippen LogP contribution is 2.21. The summed E-state index contributed by atoms with van der Waals surface area (Å²) < 4.78 is 10.9. The summed E-state index contributed by atoms with van der Waals surface area (Å²) in [5, 5.41) is 0. The molecule has 0 bridgehead atoms. The smallest absolute Gasteiger partial charge is 0.249 e. The number of likely N-dealkylation sites (N-methyl/N-ethyl adjacent to an activating group) is 1. The van der Waals surface area contributed by atoms with Gasteiger partial charge in [-0.2, -0.15) is 0 Å². The molecule has 142 valence electrons. The van der Waals surface area contributed by atoms with E-state index in [1.54, 1.807) is 9.80 Å². The molecule has 2 fully saturated rings. The van der Waals surface area contributed by atoms with Gasteiger partial charge in [-0.3, -0.25) is 9.59 Å². The van der Waals surface area contributed by atoms with Gasteiger partial charge >= 0.3 is 0 Å². The van der Waals surface area contributed by atoms with Gasteiger partial charge in [0.1, 0.15) is 24.5 Å². The third-order valence-corrected chi connectivity index (χ3v) is 4.91. The van der Waals surface area contributed by atoms with Crippen molar-refractivity contribution in [2.24, 2.45) is 0 Å². The largest absolute Gasteiger partial charge is 0.487 e. The van der Waals surface area contributed by atoms with Crippen LogP contribution >= 0.6 is 0 Å². The SMILES string of the molecule is COCC(=O)N1CCN(C)CC1C(=O)N1CC(Oc2cccc(C)c2)C1. The quantitative estimate of drug-likeness (QED) is 0.759. The number of carbonyl (C=O) groups excluding carboxylic acids is 2. The van der Waals surface area contributed by atoms with E-state index >= 15 is 0 Å². The van der Waals surface area contributed by atoms with Gasteiger partial charge in [0, 0.05) is 26.7 Å². The number of ether oxygens (including phenoxy) is 2. The molecule has 2 heterocycles. The van der Waals surface area contributed by atoms with Crippen LogP contribution in [-0.2, 0) is 14.3 Å². The molecule has 0 spiro atoms. The van der Waals surface area contributed by atoms with Gasteiger partial charge in [0.2, 0.25) is 11.8 Å². The number of methoxy groups -OCH3 is 1. The second-order valence-corrected chi connectivity index (χ2v) is 7.10. The van der Waals surface area contributed by atoms with Crippen molar-refractivity contribution >= 4 is 11.8 Å². The van der Waals surface area contributed by atoms with E-state index in [1.807, 2.05) is 38.2 Å². The van der Waals surface area contributed by atoms with Crippen LogP contribution < -0.4 is 4.74 Å².